The molecular formula is C17H13FN4O3S. The van der Waals surface area contributed by atoms with E-state index in [0.717, 1.165) is 4.90 Å². The van der Waals surface area contributed by atoms with Crippen molar-refractivity contribution in [3.63, 3.8) is 0 Å². The van der Waals surface area contributed by atoms with Crippen LogP contribution in [0.5, 0.6) is 0 Å². The van der Waals surface area contributed by atoms with Crippen molar-refractivity contribution >= 4 is 34.3 Å². The van der Waals surface area contributed by atoms with Gasteiger partial charge in [0.1, 0.15) is 5.82 Å². The highest BCUT2D eigenvalue weighted by Gasteiger charge is 2.14. The molecule has 7 nitrogen and oxygen atoms in total. The molecule has 0 saturated carbocycles. The lowest BCUT2D eigenvalue weighted by Gasteiger charge is -2.08. The van der Waals surface area contributed by atoms with Gasteiger partial charge in [-0.25, -0.2) is 9.49 Å². The molecule has 26 heavy (non-hydrogen) atoms. The number of carbonyl (C=O) groups is 2. The van der Waals surface area contributed by atoms with Crippen LogP contribution in [0.4, 0.5) is 4.39 Å². The molecule has 0 saturated heterocycles. The lowest BCUT2D eigenvalue weighted by atomic mass is 10.1. The second-order valence-corrected chi connectivity index (χ2v) is 6.24. The molecule has 3 rings (SSSR count). The topological polar surface area (TPSA) is 104 Å². The first-order valence-electron chi connectivity index (χ1n) is 7.49. The smallest absolute Gasteiger partial charge is 0.272 e. The first kappa shape index (κ1) is 17.6. The summed E-state index contributed by atoms with van der Waals surface area (Å²) in [6, 6.07) is 12.2. The van der Waals surface area contributed by atoms with E-state index in [1.807, 2.05) is 0 Å². The van der Waals surface area contributed by atoms with Crippen LogP contribution in [0.3, 0.4) is 0 Å². The third-order valence-corrected chi connectivity index (χ3v) is 4.42. The van der Waals surface area contributed by atoms with Crippen molar-refractivity contribution in [2.45, 2.75) is 4.90 Å². The Kier molecular flexibility index (Phi) is 5.28. The van der Waals surface area contributed by atoms with Gasteiger partial charge in [0.05, 0.1) is 11.1 Å². The summed E-state index contributed by atoms with van der Waals surface area (Å²) in [5.41, 5.74) is 4.12. The van der Waals surface area contributed by atoms with Gasteiger partial charge in [-0.05, 0) is 30.3 Å². The SMILES string of the molecule is O=C(CSc1ccc(F)cc1)NNC(=O)c1n[nH]c(=O)c2ccccc12. The minimum Gasteiger partial charge on any atom is -0.272 e. The van der Waals surface area contributed by atoms with Gasteiger partial charge in [0, 0.05) is 10.3 Å². The molecule has 1 aromatic heterocycles. The number of hydrogen-bond acceptors (Lipinski definition) is 5. The summed E-state index contributed by atoms with van der Waals surface area (Å²) in [6.07, 6.45) is 0. The maximum Gasteiger partial charge on any atom is 0.290 e. The molecule has 0 fully saturated rings. The number of fused-ring (bicyclic) bond motifs is 1. The molecule has 0 spiro atoms. The Bertz CT molecular complexity index is 1020. The van der Waals surface area contributed by atoms with Crippen molar-refractivity contribution in [3.05, 3.63) is 70.4 Å². The van der Waals surface area contributed by atoms with E-state index >= 15 is 0 Å². The quantitative estimate of drug-likeness (QED) is 0.477. The summed E-state index contributed by atoms with van der Waals surface area (Å²) >= 11 is 1.20. The van der Waals surface area contributed by atoms with Crippen molar-refractivity contribution in [3.8, 4) is 0 Å². The van der Waals surface area contributed by atoms with E-state index in [2.05, 4.69) is 21.0 Å². The molecule has 3 N–H and O–H groups in total. The Balaban J connectivity index is 1.60. The summed E-state index contributed by atoms with van der Waals surface area (Å²) in [6.45, 7) is 0. The number of carbonyl (C=O) groups excluding carboxylic acids is 2. The van der Waals surface area contributed by atoms with Gasteiger partial charge in [-0.2, -0.15) is 5.10 Å². The largest absolute Gasteiger partial charge is 0.290 e. The summed E-state index contributed by atoms with van der Waals surface area (Å²) in [7, 11) is 0. The fourth-order valence-corrected chi connectivity index (χ4v) is 2.89. The average Bonchev–Trinajstić information content (AvgIpc) is 2.66. The Morgan fingerprint density at radius 1 is 1.04 bits per heavy atom. The van der Waals surface area contributed by atoms with E-state index in [9.17, 15) is 18.8 Å². The number of halogens is 1. The molecule has 2 amide bonds. The molecule has 0 aliphatic carbocycles. The van der Waals surface area contributed by atoms with Gasteiger partial charge < -0.3 is 0 Å². The zero-order valence-electron chi connectivity index (χ0n) is 13.3. The normalized spacial score (nSPS) is 10.5. The van der Waals surface area contributed by atoms with E-state index < -0.39 is 17.4 Å². The average molecular weight is 372 g/mol. The maximum atomic E-state index is 12.8. The Labute approximate surface area is 151 Å². The van der Waals surface area contributed by atoms with Crippen LogP contribution in [0.25, 0.3) is 10.8 Å². The number of aromatic nitrogens is 2. The molecule has 132 valence electrons. The molecule has 0 aliphatic heterocycles. The number of thioether (sulfide) groups is 1. The van der Waals surface area contributed by atoms with Gasteiger partial charge in [-0.1, -0.05) is 18.2 Å². The van der Waals surface area contributed by atoms with Crippen molar-refractivity contribution in [1.29, 1.82) is 0 Å². The fourth-order valence-electron chi connectivity index (χ4n) is 2.19. The minimum absolute atomic E-state index is 0.00770. The summed E-state index contributed by atoms with van der Waals surface area (Å²) in [5.74, 6) is -1.42. The number of hydrazine groups is 1. The third kappa shape index (κ3) is 4.06. The first-order valence-corrected chi connectivity index (χ1v) is 8.48. The lowest BCUT2D eigenvalue weighted by molar-refractivity contribution is -0.119. The van der Waals surface area contributed by atoms with Crippen molar-refractivity contribution in [2.75, 3.05) is 5.75 Å². The Morgan fingerprint density at radius 3 is 2.46 bits per heavy atom. The molecule has 3 aromatic rings. The van der Waals surface area contributed by atoms with E-state index in [0.29, 0.717) is 10.8 Å². The minimum atomic E-state index is -0.655. The number of H-pyrrole nitrogens is 1. The number of rotatable bonds is 4. The summed E-state index contributed by atoms with van der Waals surface area (Å²) < 4.78 is 12.8. The van der Waals surface area contributed by atoms with Crippen LogP contribution in [-0.4, -0.2) is 27.8 Å². The highest BCUT2D eigenvalue weighted by molar-refractivity contribution is 8.00. The Hall–Kier alpha value is -3.20. The fraction of sp³-hybridized carbons (Fsp3) is 0.0588. The van der Waals surface area contributed by atoms with Crippen molar-refractivity contribution in [1.82, 2.24) is 21.0 Å². The van der Waals surface area contributed by atoms with Gasteiger partial charge in [0.15, 0.2) is 5.69 Å². The van der Waals surface area contributed by atoms with Crippen LogP contribution in [0.2, 0.25) is 0 Å². The van der Waals surface area contributed by atoms with Gasteiger partial charge in [0.25, 0.3) is 11.5 Å². The van der Waals surface area contributed by atoms with E-state index in [1.54, 1.807) is 36.4 Å². The zero-order valence-corrected chi connectivity index (χ0v) is 14.1. The van der Waals surface area contributed by atoms with Crippen LogP contribution in [0.15, 0.2) is 58.2 Å². The number of nitrogens with zero attached hydrogens (tertiary/aromatic N) is 1. The number of amides is 2. The highest BCUT2D eigenvalue weighted by atomic mass is 32.2. The first-order chi connectivity index (χ1) is 12.5. The number of benzene rings is 2. The number of aromatic amines is 1. The lowest BCUT2D eigenvalue weighted by Crippen LogP contribution is -2.43. The monoisotopic (exact) mass is 372 g/mol. The standard InChI is InChI=1S/C17H13FN4O3S/c18-10-5-7-11(8-6-10)26-9-14(23)19-22-17(25)15-12-3-1-2-4-13(12)16(24)21-20-15/h1-8H,9H2,(H,19,23)(H,21,24)(H,22,25). The van der Waals surface area contributed by atoms with Gasteiger partial charge >= 0.3 is 0 Å². The molecule has 2 aromatic carbocycles. The summed E-state index contributed by atoms with van der Waals surface area (Å²) in [5, 5.41) is 6.70. The molecule has 0 unspecified atom stereocenters. The Morgan fingerprint density at radius 2 is 1.73 bits per heavy atom. The maximum absolute atomic E-state index is 12.8. The highest BCUT2D eigenvalue weighted by Crippen LogP contribution is 2.17. The van der Waals surface area contributed by atoms with Crippen LogP contribution in [0, 0.1) is 5.82 Å². The number of hydrogen-bond donors (Lipinski definition) is 3. The number of nitrogens with one attached hydrogen (secondary N) is 3. The van der Waals surface area contributed by atoms with Crippen molar-refractivity contribution < 1.29 is 14.0 Å². The van der Waals surface area contributed by atoms with E-state index in [-0.39, 0.29) is 17.3 Å². The molecule has 9 heteroatoms. The molecule has 0 radical (unpaired) electrons. The van der Waals surface area contributed by atoms with Crippen LogP contribution in [-0.2, 0) is 4.79 Å². The van der Waals surface area contributed by atoms with Crippen molar-refractivity contribution in [2.24, 2.45) is 0 Å². The molecule has 0 bridgehead atoms. The zero-order chi connectivity index (χ0) is 18.5. The summed E-state index contributed by atoms with van der Waals surface area (Å²) in [4.78, 5) is 36.5. The second kappa shape index (κ2) is 7.79. The van der Waals surface area contributed by atoms with Gasteiger partial charge in [-0.15, -0.1) is 11.8 Å². The van der Waals surface area contributed by atoms with Crippen LogP contribution >= 0.6 is 11.8 Å². The molecule has 0 atom stereocenters. The van der Waals surface area contributed by atoms with Gasteiger partial charge in [-0.3, -0.25) is 25.2 Å². The third-order valence-electron chi connectivity index (χ3n) is 3.41. The predicted molar refractivity (Wildman–Crippen MR) is 95.1 cm³/mol. The second-order valence-electron chi connectivity index (χ2n) is 5.19. The molecular weight excluding hydrogens is 359 g/mol. The van der Waals surface area contributed by atoms with Gasteiger partial charge in [0.2, 0.25) is 5.91 Å². The molecule has 0 aliphatic rings. The predicted octanol–water partition coefficient (Wildman–Crippen LogP) is 1.62. The van der Waals surface area contributed by atoms with E-state index in [4.69, 9.17) is 0 Å². The van der Waals surface area contributed by atoms with Crippen LogP contribution in [0.1, 0.15) is 10.5 Å². The van der Waals surface area contributed by atoms with Crippen LogP contribution < -0.4 is 16.4 Å². The van der Waals surface area contributed by atoms with E-state index in [1.165, 1.54) is 23.9 Å². The molecule has 1 heterocycles.